The highest BCUT2D eigenvalue weighted by Gasteiger charge is 2.36. The van der Waals surface area contributed by atoms with Crippen LogP contribution in [0.2, 0.25) is 0 Å². The first-order valence-electron chi connectivity index (χ1n) is 7.37. The van der Waals surface area contributed by atoms with E-state index in [2.05, 4.69) is 9.97 Å². The molecule has 1 aliphatic heterocycles. The minimum Gasteiger partial charge on any atom is -0.487 e. The van der Waals surface area contributed by atoms with Gasteiger partial charge in [0, 0.05) is 18.9 Å². The second-order valence-corrected chi connectivity index (χ2v) is 7.40. The van der Waals surface area contributed by atoms with E-state index in [1.54, 1.807) is 18.3 Å². The summed E-state index contributed by atoms with van der Waals surface area (Å²) in [7, 11) is -3.92. The Morgan fingerprint density at radius 3 is 2.60 bits per heavy atom. The lowest BCUT2D eigenvalue weighted by molar-refractivity contribution is -0.141. The molecule has 6 nitrogen and oxygen atoms in total. The summed E-state index contributed by atoms with van der Waals surface area (Å²) in [5.41, 5.74) is -1.13. The fraction of sp³-hybridized carbons (Fsp3) is 0.333. The Morgan fingerprint density at radius 2 is 2.00 bits per heavy atom. The molecule has 1 atom stereocenters. The Labute approximate surface area is 142 Å². The molecular weight excluding hydrogens is 359 g/mol. The highest BCUT2D eigenvalue weighted by molar-refractivity contribution is 7.89. The normalized spacial score (nSPS) is 19.1. The fourth-order valence-corrected chi connectivity index (χ4v) is 3.90. The van der Waals surface area contributed by atoms with Crippen molar-refractivity contribution in [2.24, 2.45) is 0 Å². The third-order valence-corrected chi connectivity index (χ3v) is 5.56. The maximum absolute atomic E-state index is 12.5. The van der Waals surface area contributed by atoms with Crippen LogP contribution >= 0.6 is 0 Å². The van der Waals surface area contributed by atoms with Crippen molar-refractivity contribution in [2.75, 3.05) is 13.1 Å². The van der Waals surface area contributed by atoms with Crippen molar-refractivity contribution in [2.45, 2.75) is 23.6 Å². The number of sulfonamides is 1. The zero-order chi connectivity index (χ0) is 18.1. The molecule has 0 amide bonds. The van der Waals surface area contributed by atoms with Gasteiger partial charge < -0.3 is 4.74 Å². The fourth-order valence-electron chi connectivity index (χ4n) is 2.47. The summed E-state index contributed by atoms with van der Waals surface area (Å²) in [4.78, 5) is 6.84. The molecule has 0 radical (unpaired) electrons. The first-order chi connectivity index (χ1) is 11.8. The van der Waals surface area contributed by atoms with Gasteiger partial charge in [-0.1, -0.05) is 0 Å². The summed E-state index contributed by atoms with van der Waals surface area (Å²) in [6, 6.07) is 4.99. The molecule has 1 unspecified atom stereocenters. The van der Waals surface area contributed by atoms with Crippen molar-refractivity contribution < 1.29 is 26.3 Å². The Balaban J connectivity index is 1.71. The van der Waals surface area contributed by atoms with E-state index in [0.717, 1.165) is 12.3 Å². The van der Waals surface area contributed by atoms with Gasteiger partial charge in [0.2, 0.25) is 10.0 Å². The van der Waals surface area contributed by atoms with E-state index in [0.29, 0.717) is 18.2 Å². The molecule has 2 aromatic heterocycles. The molecule has 0 bridgehead atoms. The summed E-state index contributed by atoms with van der Waals surface area (Å²) in [5.74, 6) is 0.531. The van der Waals surface area contributed by atoms with E-state index in [1.165, 1.54) is 10.5 Å². The molecule has 134 valence electrons. The van der Waals surface area contributed by atoms with Crippen LogP contribution in [0.5, 0.6) is 5.75 Å². The highest BCUT2D eigenvalue weighted by Crippen LogP contribution is 2.29. The molecule has 0 aliphatic carbocycles. The largest absolute Gasteiger partial charge is 0.487 e. The molecule has 2 aromatic rings. The first kappa shape index (κ1) is 17.6. The minimum absolute atomic E-state index is 0.109. The Bertz CT molecular complexity index is 827. The number of aromatic nitrogens is 2. The van der Waals surface area contributed by atoms with Crippen LogP contribution in [-0.4, -0.2) is 41.9 Å². The van der Waals surface area contributed by atoms with Gasteiger partial charge in [0.05, 0.1) is 12.7 Å². The van der Waals surface area contributed by atoms with Crippen LogP contribution in [0.4, 0.5) is 13.2 Å². The van der Waals surface area contributed by atoms with E-state index < -0.39 is 21.9 Å². The lowest BCUT2D eigenvalue weighted by atomic mass is 10.3. The molecule has 3 rings (SSSR count). The lowest BCUT2D eigenvalue weighted by Gasteiger charge is -2.17. The van der Waals surface area contributed by atoms with Gasteiger partial charge in [-0.15, -0.1) is 0 Å². The minimum atomic E-state index is -4.61. The molecule has 1 fully saturated rings. The monoisotopic (exact) mass is 373 g/mol. The number of ether oxygens (including phenoxy) is 1. The molecule has 0 spiro atoms. The van der Waals surface area contributed by atoms with E-state index in [4.69, 9.17) is 4.74 Å². The van der Waals surface area contributed by atoms with Crippen LogP contribution < -0.4 is 4.74 Å². The average molecular weight is 373 g/mol. The van der Waals surface area contributed by atoms with Crippen LogP contribution in [0, 0.1) is 0 Å². The number of hydrogen-bond donors (Lipinski definition) is 0. The van der Waals surface area contributed by atoms with Crippen LogP contribution in [0.15, 0.2) is 47.8 Å². The van der Waals surface area contributed by atoms with Gasteiger partial charge in [-0.2, -0.15) is 17.5 Å². The van der Waals surface area contributed by atoms with E-state index in [1.807, 2.05) is 0 Å². The average Bonchev–Trinajstić information content (AvgIpc) is 3.04. The molecule has 1 saturated heterocycles. The summed E-state index contributed by atoms with van der Waals surface area (Å²) in [5, 5.41) is 0. The van der Waals surface area contributed by atoms with Gasteiger partial charge in [0.1, 0.15) is 22.4 Å². The maximum Gasteiger partial charge on any atom is 0.433 e. The number of nitrogens with zero attached hydrogens (tertiary/aromatic N) is 3. The van der Waals surface area contributed by atoms with Gasteiger partial charge in [-0.25, -0.2) is 8.42 Å². The van der Waals surface area contributed by atoms with Gasteiger partial charge in [0.15, 0.2) is 0 Å². The summed E-state index contributed by atoms with van der Waals surface area (Å²) < 4.78 is 69.5. The number of rotatable bonds is 4. The topological polar surface area (TPSA) is 72.4 Å². The molecule has 3 heterocycles. The molecule has 0 saturated carbocycles. The maximum atomic E-state index is 12.5. The number of halogens is 3. The quantitative estimate of drug-likeness (QED) is 0.823. The van der Waals surface area contributed by atoms with Crippen LogP contribution in [0.3, 0.4) is 0 Å². The molecule has 1 aliphatic rings. The van der Waals surface area contributed by atoms with Crippen LogP contribution in [0.1, 0.15) is 12.1 Å². The van der Waals surface area contributed by atoms with Gasteiger partial charge in [-0.05, 0) is 30.7 Å². The second kappa shape index (κ2) is 6.60. The molecule has 25 heavy (non-hydrogen) atoms. The van der Waals surface area contributed by atoms with E-state index >= 15 is 0 Å². The van der Waals surface area contributed by atoms with Gasteiger partial charge in [-0.3, -0.25) is 9.97 Å². The van der Waals surface area contributed by atoms with E-state index in [9.17, 15) is 21.6 Å². The molecule has 0 N–H and O–H groups in total. The summed E-state index contributed by atoms with van der Waals surface area (Å²) in [6.07, 6.45) is -0.637. The predicted octanol–water partition coefficient (Wildman–Crippen LogP) is 2.34. The molecular formula is C15H14F3N3O3S. The second-order valence-electron chi connectivity index (χ2n) is 5.46. The van der Waals surface area contributed by atoms with Crippen molar-refractivity contribution in [3.8, 4) is 5.75 Å². The summed E-state index contributed by atoms with van der Waals surface area (Å²) in [6.45, 7) is 0.326. The zero-order valence-electron chi connectivity index (χ0n) is 12.8. The standard InChI is InChI=1S/C15H14F3N3O3S/c16-15(17,18)14-4-3-13(9-20-14)25(22,23)21-7-5-12(10-21)24-11-2-1-6-19-8-11/h1-4,6,8-9,12H,5,7,10H2. The van der Waals surface area contributed by atoms with Crippen molar-refractivity contribution >= 4 is 10.0 Å². The Hall–Kier alpha value is -2.20. The summed E-state index contributed by atoms with van der Waals surface area (Å²) >= 11 is 0. The van der Waals surface area contributed by atoms with Crippen molar-refractivity contribution in [1.82, 2.24) is 14.3 Å². The zero-order valence-corrected chi connectivity index (χ0v) is 13.7. The van der Waals surface area contributed by atoms with Gasteiger partial charge >= 0.3 is 6.18 Å². The number of alkyl halides is 3. The number of pyridine rings is 2. The van der Waals surface area contributed by atoms with Crippen molar-refractivity contribution in [3.05, 3.63) is 48.5 Å². The Morgan fingerprint density at radius 1 is 1.20 bits per heavy atom. The van der Waals surface area contributed by atoms with E-state index in [-0.39, 0.29) is 24.1 Å². The highest BCUT2D eigenvalue weighted by atomic mass is 32.2. The lowest BCUT2D eigenvalue weighted by Crippen LogP contribution is -2.31. The first-order valence-corrected chi connectivity index (χ1v) is 8.81. The van der Waals surface area contributed by atoms with Crippen molar-refractivity contribution in [1.29, 1.82) is 0 Å². The SMILES string of the molecule is O=S(=O)(c1ccc(C(F)(F)F)nc1)N1CCC(Oc2cccnc2)C1. The number of hydrogen-bond acceptors (Lipinski definition) is 5. The van der Waals surface area contributed by atoms with Crippen LogP contribution in [-0.2, 0) is 16.2 Å². The van der Waals surface area contributed by atoms with Crippen molar-refractivity contribution in [3.63, 3.8) is 0 Å². The van der Waals surface area contributed by atoms with Crippen LogP contribution in [0.25, 0.3) is 0 Å². The Kier molecular flexibility index (Phi) is 4.65. The third kappa shape index (κ3) is 3.90. The molecule has 10 heteroatoms. The molecule has 0 aromatic carbocycles. The predicted molar refractivity (Wildman–Crippen MR) is 81.3 cm³/mol. The van der Waals surface area contributed by atoms with Gasteiger partial charge in [0.25, 0.3) is 0 Å². The third-order valence-electron chi connectivity index (χ3n) is 3.71. The smallest absolute Gasteiger partial charge is 0.433 e.